The molecule has 0 spiro atoms. The largest absolute Gasteiger partial charge is 0.484 e. The molecule has 0 fully saturated rings. The summed E-state index contributed by atoms with van der Waals surface area (Å²) in [7, 11) is 1.53. The van der Waals surface area contributed by atoms with Crippen molar-refractivity contribution in [1.29, 1.82) is 0 Å². The van der Waals surface area contributed by atoms with E-state index in [1.54, 1.807) is 19.2 Å². The van der Waals surface area contributed by atoms with Gasteiger partial charge in [-0.15, -0.1) is 11.3 Å². The highest BCUT2D eigenvalue weighted by Gasteiger charge is 2.18. The number of hydrogen-bond donors (Lipinski definition) is 2. The lowest BCUT2D eigenvalue weighted by Gasteiger charge is -2.15. The van der Waals surface area contributed by atoms with E-state index in [4.69, 9.17) is 19.3 Å². The zero-order chi connectivity index (χ0) is 28.2. The molecule has 0 aliphatic heterocycles. The summed E-state index contributed by atoms with van der Waals surface area (Å²) in [5, 5.41) is 12.1. The molecule has 1 unspecified atom stereocenters. The number of nitrogens with one attached hydrogen (secondary N) is 1. The number of methoxy groups -OCH3 is 1. The topological polar surface area (TPSA) is 141 Å². The molecule has 0 aliphatic carbocycles. The Balaban J connectivity index is 1.28. The van der Waals surface area contributed by atoms with Crippen LogP contribution in [-0.4, -0.2) is 62.5 Å². The zero-order valence-electron chi connectivity index (χ0n) is 21.8. The maximum absolute atomic E-state index is 14.9. The van der Waals surface area contributed by atoms with Gasteiger partial charge in [-0.25, -0.2) is 34.1 Å². The molecule has 5 rings (SSSR count). The average Bonchev–Trinajstić information content (AvgIpc) is 3.35. The molecule has 40 heavy (non-hydrogen) atoms. The summed E-state index contributed by atoms with van der Waals surface area (Å²) < 4.78 is 31.8. The van der Waals surface area contributed by atoms with Crippen molar-refractivity contribution in [1.82, 2.24) is 24.9 Å². The highest BCUT2D eigenvalue weighted by molar-refractivity contribution is 7.21. The summed E-state index contributed by atoms with van der Waals surface area (Å²) in [5.41, 5.74) is 3.92. The Hall–Kier alpha value is -4.49. The number of nitrogens with zero attached hydrogens (tertiary/aromatic N) is 5. The second-order valence-electron chi connectivity index (χ2n) is 8.88. The third-order valence-corrected chi connectivity index (χ3v) is 6.77. The number of aliphatic hydroxyl groups is 1. The van der Waals surface area contributed by atoms with Gasteiger partial charge in [0.25, 0.3) is 0 Å². The number of thiazole rings is 1. The van der Waals surface area contributed by atoms with Gasteiger partial charge in [0.2, 0.25) is 5.88 Å². The van der Waals surface area contributed by atoms with E-state index in [0.717, 1.165) is 15.8 Å². The number of fused-ring (bicyclic) bond motifs is 2. The molecule has 2 aromatic carbocycles. The first-order valence-corrected chi connectivity index (χ1v) is 13.1. The molecular formula is C27H25FN6O5S. The van der Waals surface area contributed by atoms with E-state index in [1.807, 2.05) is 19.1 Å². The maximum atomic E-state index is 14.9. The molecular weight excluding hydrogens is 539 g/mol. The quantitative estimate of drug-likeness (QED) is 0.259. The molecule has 5 aromatic rings. The van der Waals surface area contributed by atoms with Crippen LogP contribution in [0, 0.1) is 12.7 Å². The van der Waals surface area contributed by atoms with E-state index >= 15 is 0 Å². The summed E-state index contributed by atoms with van der Waals surface area (Å²) in [6.45, 7) is 3.42. The third kappa shape index (κ3) is 6.05. The molecule has 3 aromatic heterocycles. The number of carbonyl (C=O) groups is 1. The van der Waals surface area contributed by atoms with Gasteiger partial charge in [0, 0.05) is 24.1 Å². The highest BCUT2D eigenvalue weighted by atomic mass is 32.1. The van der Waals surface area contributed by atoms with Crippen molar-refractivity contribution < 1.29 is 28.5 Å². The first-order chi connectivity index (χ1) is 19.3. The van der Waals surface area contributed by atoms with Gasteiger partial charge < -0.3 is 19.3 Å². The number of carbonyl (C=O) groups excluding carboxylic acids is 1. The fourth-order valence-electron chi connectivity index (χ4n) is 3.89. The molecule has 0 bridgehead atoms. The van der Waals surface area contributed by atoms with Gasteiger partial charge in [-0.1, -0.05) is 0 Å². The Labute approximate surface area is 232 Å². The van der Waals surface area contributed by atoms with E-state index in [-0.39, 0.29) is 19.0 Å². The van der Waals surface area contributed by atoms with Gasteiger partial charge in [-0.05, 0) is 31.5 Å². The zero-order valence-corrected chi connectivity index (χ0v) is 22.7. The van der Waals surface area contributed by atoms with Crippen LogP contribution in [0.4, 0.5) is 14.9 Å². The monoisotopic (exact) mass is 564 g/mol. The van der Waals surface area contributed by atoms with E-state index in [2.05, 4.69) is 30.2 Å². The first kappa shape index (κ1) is 27.1. The van der Waals surface area contributed by atoms with Crippen LogP contribution in [0.1, 0.15) is 18.3 Å². The van der Waals surface area contributed by atoms with Gasteiger partial charge in [-0.3, -0.25) is 5.32 Å². The molecule has 11 nitrogen and oxygen atoms in total. The van der Waals surface area contributed by atoms with Crippen LogP contribution in [0.2, 0.25) is 0 Å². The van der Waals surface area contributed by atoms with Crippen molar-refractivity contribution in [3.8, 4) is 22.2 Å². The Bertz CT molecular complexity index is 1680. The van der Waals surface area contributed by atoms with Crippen molar-refractivity contribution in [2.24, 2.45) is 0 Å². The number of hydrogen-bond acceptors (Lipinski definition) is 11. The van der Waals surface area contributed by atoms with E-state index in [9.17, 15) is 9.18 Å². The predicted octanol–water partition coefficient (Wildman–Crippen LogP) is 4.70. The van der Waals surface area contributed by atoms with Gasteiger partial charge in [-0.2, -0.15) is 0 Å². The van der Waals surface area contributed by atoms with Crippen LogP contribution < -0.4 is 14.8 Å². The van der Waals surface area contributed by atoms with Crippen molar-refractivity contribution in [2.75, 3.05) is 25.6 Å². The predicted molar refractivity (Wildman–Crippen MR) is 147 cm³/mol. The van der Waals surface area contributed by atoms with Crippen LogP contribution in [0.5, 0.6) is 11.6 Å². The standard InChI is InChI=1S/C27H25FN6O5S/c1-14-6-17(25-20(7-14)33-24(37-3)12-31-25)26-34-19-8-18(28)21(9-22(19)40-26)39-15(2)13-38-27(36)32-16-10-29-23(4-5-35)30-11-16/h6-12,15,35H,4-5,13H2,1-3H3,(H,32,36). The van der Waals surface area contributed by atoms with E-state index < -0.39 is 18.0 Å². The Morgan fingerprint density at radius 1 is 1.10 bits per heavy atom. The minimum Gasteiger partial charge on any atom is -0.484 e. The number of aryl methyl sites for hydroxylation is 1. The minimum atomic E-state index is -0.733. The van der Waals surface area contributed by atoms with Gasteiger partial charge >= 0.3 is 6.09 Å². The fraction of sp³-hybridized carbons (Fsp3) is 0.259. The number of anilines is 1. The normalized spacial score (nSPS) is 11.9. The van der Waals surface area contributed by atoms with Crippen LogP contribution in [-0.2, 0) is 11.2 Å². The molecule has 3 heterocycles. The fourth-order valence-corrected chi connectivity index (χ4v) is 4.88. The SMILES string of the molecule is COc1cnc2c(-c3nc4cc(F)c(OC(C)COC(=O)Nc5cnc(CCO)nc5)cc4s3)cc(C)cc2n1. The molecule has 1 atom stereocenters. The number of ether oxygens (including phenoxy) is 3. The molecule has 13 heteroatoms. The smallest absolute Gasteiger partial charge is 0.411 e. The van der Waals surface area contributed by atoms with Gasteiger partial charge in [0.15, 0.2) is 11.6 Å². The lowest BCUT2D eigenvalue weighted by Crippen LogP contribution is -2.24. The molecule has 0 aliphatic rings. The van der Waals surface area contributed by atoms with Crippen LogP contribution in [0.25, 0.3) is 31.8 Å². The second-order valence-corrected chi connectivity index (χ2v) is 9.91. The molecule has 0 saturated carbocycles. The third-order valence-electron chi connectivity index (χ3n) is 5.71. The highest BCUT2D eigenvalue weighted by Crippen LogP contribution is 2.37. The summed E-state index contributed by atoms with van der Waals surface area (Å²) in [4.78, 5) is 33.8. The Kier molecular flexibility index (Phi) is 7.94. The summed E-state index contributed by atoms with van der Waals surface area (Å²) in [6, 6.07) is 6.78. The van der Waals surface area contributed by atoms with Crippen LogP contribution >= 0.6 is 11.3 Å². The molecule has 1 amide bonds. The summed E-state index contributed by atoms with van der Waals surface area (Å²) >= 11 is 1.38. The number of aromatic nitrogens is 5. The maximum Gasteiger partial charge on any atom is 0.411 e. The summed E-state index contributed by atoms with van der Waals surface area (Å²) in [5.74, 6) is 0.303. The molecule has 0 saturated heterocycles. The van der Waals surface area contributed by atoms with Crippen LogP contribution in [0.15, 0.2) is 42.9 Å². The Morgan fingerprint density at radius 2 is 1.90 bits per heavy atom. The number of amides is 1. The van der Waals surface area contributed by atoms with E-state index in [1.165, 1.54) is 36.9 Å². The molecule has 206 valence electrons. The average molecular weight is 565 g/mol. The van der Waals surface area contributed by atoms with E-state index in [0.29, 0.717) is 45.4 Å². The molecule has 2 N–H and O–H groups in total. The number of halogens is 1. The first-order valence-electron chi connectivity index (χ1n) is 12.3. The van der Waals surface area contributed by atoms with Crippen molar-refractivity contribution >= 4 is 44.4 Å². The van der Waals surface area contributed by atoms with Crippen molar-refractivity contribution in [3.63, 3.8) is 0 Å². The Morgan fingerprint density at radius 3 is 2.65 bits per heavy atom. The lowest BCUT2D eigenvalue weighted by atomic mass is 10.1. The number of aliphatic hydroxyl groups excluding tert-OH is 1. The summed E-state index contributed by atoms with van der Waals surface area (Å²) in [6.07, 6.45) is 3.32. The van der Waals surface area contributed by atoms with Crippen molar-refractivity contribution in [2.45, 2.75) is 26.4 Å². The van der Waals surface area contributed by atoms with Gasteiger partial charge in [0.05, 0.1) is 59.2 Å². The van der Waals surface area contributed by atoms with Crippen molar-refractivity contribution in [3.05, 3.63) is 60.1 Å². The van der Waals surface area contributed by atoms with Crippen LogP contribution in [0.3, 0.4) is 0 Å². The molecule has 0 radical (unpaired) electrons. The van der Waals surface area contributed by atoms with Gasteiger partial charge in [0.1, 0.15) is 23.5 Å². The number of rotatable bonds is 9. The minimum absolute atomic E-state index is 0.0192. The number of benzene rings is 2. The lowest BCUT2D eigenvalue weighted by molar-refractivity contribution is 0.0969. The second kappa shape index (κ2) is 11.7.